The van der Waals surface area contributed by atoms with E-state index in [1.807, 2.05) is 0 Å². The topological polar surface area (TPSA) is 52.4 Å². The molecular formula is C14H23NO3Si. The minimum atomic E-state index is -1.70. The number of hydrogen-bond acceptors (Lipinski definition) is 3. The van der Waals surface area contributed by atoms with E-state index in [1.54, 1.807) is 24.3 Å². The van der Waals surface area contributed by atoms with E-state index < -0.39 is 8.32 Å². The van der Waals surface area contributed by atoms with Crippen molar-refractivity contribution in [2.75, 3.05) is 6.61 Å². The fourth-order valence-corrected chi connectivity index (χ4v) is 2.47. The van der Waals surface area contributed by atoms with Crippen molar-refractivity contribution < 1.29 is 9.35 Å². The van der Waals surface area contributed by atoms with E-state index in [0.29, 0.717) is 6.61 Å². The molecule has 1 aromatic carbocycles. The third kappa shape index (κ3) is 4.43. The Hall–Kier alpha value is -1.20. The first-order valence-electron chi connectivity index (χ1n) is 6.51. The normalized spacial score (nSPS) is 12.5. The van der Waals surface area contributed by atoms with Gasteiger partial charge >= 0.3 is 0 Å². The third-order valence-electron chi connectivity index (χ3n) is 3.81. The van der Waals surface area contributed by atoms with Gasteiger partial charge in [0.05, 0.1) is 4.92 Å². The van der Waals surface area contributed by atoms with Crippen LogP contribution in [0.3, 0.4) is 0 Å². The van der Waals surface area contributed by atoms with Crippen molar-refractivity contribution in [3.8, 4) is 0 Å². The van der Waals surface area contributed by atoms with Gasteiger partial charge in [0.1, 0.15) is 0 Å². The molecule has 106 valence electrons. The summed E-state index contributed by atoms with van der Waals surface area (Å²) in [6, 6.07) is 6.68. The highest BCUT2D eigenvalue weighted by Crippen LogP contribution is 2.36. The van der Waals surface area contributed by atoms with Crippen LogP contribution in [0.25, 0.3) is 0 Å². The van der Waals surface area contributed by atoms with Gasteiger partial charge in [0.2, 0.25) is 0 Å². The van der Waals surface area contributed by atoms with Crippen molar-refractivity contribution >= 4 is 14.0 Å². The van der Waals surface area contributed by atoms with E-state index in [4.69, 9.17) is 4.43 Å². The molecule has 0 unspecified atom stereocenters. The van der Waals surface area contributed by atoms with Crippen molar-refractivity contribution in [3.05, 3.63) is 39.9 Å². The Labute approximate surface area is 116 Å². The highest BCUT2D eigenvalue weighted by molar-refractivity contribution is 6.74. The molecule has 1 rings (SSSR count). The molecule has 0 radical (unpaired) electrons. The van der Waals surface area contributed by atoms with Crippen LogP contribution >= 0.6 is 0 Å². The van der Waals surface area contributed by atoms with E-state index in [2.05, 4.69) is 33.9 Å². The summed E-state index contributed by atoms with van der Waals surface area (Å²) < 4.78 is 6.08. The third-order valence-corrected chi connectivity index (χ3v) is 8.35. The average Bonchev–Trinajstić information content (AvgIpc) is 2.28. The van der Waals surface area contributed by atoms with Crippen LogP contribution in [0.4, 0.5) is 5.69 Å². The second-order valence-electron chi connectivity index (χ2n) is 6.28. The van der Waals surface area contributed by atoms with Crippen molar-refractivity contribution in [2.45, 2.75) is 45.3 Å². The van der Waals surface area contributed by atoms with Crippen LogP contribution in [0.15, 0.2) is 24.3 Å². The molecule has 1 aromatic rings. The molecule has 19 heavy (non-hydrogen) atoms. The molecule has 0 fully saturated rings. The summed E-state index contributed by atoms with van der Waals surface area (Å²) in [4.78, 5) is 10.2. The molecular weight excluding hydrogens is 258 g/mol. The van der Waals surface area contributed by atoms with Gasteiger partial charge in [-0.05, 0) is 30.1 Å². The molecule has 0 spiro atoms. The Kier molecular flexibility index (Phi) is 4.87. The highest BCUT2D eigenvalue weighted by Gasteiger charge is 2.36. The average molecular weight is 281 g/mol. The zero-order valence-corrected chi connectivity index (χ0v) is 13.4. The first-order valence-corrected chi connectivity index (χ1v) is 9.41. The van der Waals surface area contributed by atoms with Crippen LogP contribution in [0, 0.1) is 10.1 Å². The van der Waals surface area contributed by atoms with E-state index in [9.17, 15) is 10.1 Å². The molecule has 0 saturated heterocycles. The molecule has 0 aromatic heterocycles. The zero-order chi connectivity index (χ0) is 14.7. The fraction of sp³-hybridized carbons (Fsp3) is 0.571. The first kappa shape index (κ1) is 15.9. The molecule has 5 heteroatoms. The zero-order valence-electron chi connectivity index (χ0n) is 12.4. The Morgan fingerprint density at radius 3 is 2.16 bits per heavy atom. The lowest BCUT2D eigenvalue weighted by Gasteiger charge is -2.36. The number of rotatable bonds is 5. The summed E-state index contributed by atoms with van der Waals surface area (Å²) in [5.41, 5.74) is 1.21. The summed E-state index contributed by atoms with van der Waals surface area (Å²) in [5.74, 6) is 0. The molecule has 0 saturated carbocycles. The van der Waals surface area contributed by atoms with Crippen molar-refractivity contribution in [3.63, 3.8) is 0 Å². The Balaban J connectivity index is 2.52. The maximum absolute atomic E-state index is 10.6. The maximum atomic E-state index is 10.6. The van der Waals surface area contributed by atoms with E-state index in [0.717, 1.165) is 12.0 Å². The summed E-state index contributed by atoms with van der Waals surface area (Å²) >= 11 is 0. The summed E-state index contributed by atoms with van der Waals surface area (Å²) in [5, 5.41) is 10.8. The Morgan fingerprint density at radius 2 is 1.74 bits per heavy atom. The van der Waals surface area contributed by atoms with Gasteiger partial charge in [0, 0.05) is 18.7 Å². The smallest absolute Gasteiger partial charge is 0.269 e. The number of non-ortho nitro benzene ring substituents is 1. The van der Waals surface area contributed by atoms with Crippen LogP contribution in [0.5, 0.6) is 0 Å². The lowest BCUT2D eigenvalue weighted by molar-refractivity contribution is -0.384. The molecule has 4 nitrogen and oxygen atoms in total. The molecule has 0 aliphatic heterocycles. The van der Waals surface area contributed by atoms with Crippen molar-refractivity contribution in [2.24, 2.45) is 0 Å². The van der Waals surface area contributed by atoms with Gasteiger partial charge in [-0.15, -0.1) is 0 Å². The van der Waals surface area contributed by atoms with Crippen molar-refractivity contribution in [1.29, 1.82) is 0 Å². The van der Waals surface area contributed by atoms with Gasteiger partial charge in [-0.3, -0.25) is 10.1 Å². The summed E-state index contributed by atoms with van der Waals surface area (Å²) in [6.45, 7) is 11.8. The molecule has 0 amide bonds. The lowest BCUT2D eigenvalue weighted by Crippen LogP contribution is -2.41. The predicted octanol–water partition coefficient (Wildman–Crippen LogP) is 4.16. The lowest BCUT2D eigenvalue weighted by atomic mass is 10.1. The maximum Gasteiger partial charge on any atom is 0.269 e. The highest BCUT2D eigenvalue weighted by atomic mass is 28.4. The quantitative estimate of drug-likeness (QED) is 0.462. The Morgan fingerprint density at radius 1 is 1.21 bits per heavy atom. The van der Waals surface area contributed by atoms with Crippen LogP contribution < -0.4 is 0 Å². The van der Waals surface area contributed by atoms with E-state index in [-0.39, 0.29) is 15.6 Å². The number of hydrogen-bond donors (Lipinski definition) is 0. The number of benzene rings is 1. The second-order valence-corrected chi connectivity index (χ2v) is 11.1. The van der Waals surface area contributed by atoms with Gasteiger partial charge in [-0.2, -0.15) is 0 Å². The summed E-state index contributed by atoms with van der Waals surface area (Å²) in [6.07, 6.45) is 0.796. The first-order chi connectivity index (χ1) is 8.63. The molecule has 0 atom stereocenters. The number of nitro benzene ring substituents is 1. The van der Waals surface area contributed by atoms with Crippen LogP contribution in [-0.4, -0.2) is 19.8 Å². The van der Waals surface area contributed by atoms with Crippen molar-refractivity contribution in [1.82, 2.24) is 0 Å². The van der Waals surface area contributed by atoms with E-state index >= 15 is 0 Å². The van der Waals surface area contributed by atoms with Gasteiger partial charge in [-0.25, -0.2) is 0 Å². The number of nitrogens with zero attached hydrogens (tertiary/aromatic N) is 1. The number of nitro groups is 1. The van der Waals surface area contributed by atoms with Gasteiger partial charge < -0.3 is 4.43 Å². The fourth-order valence-electron chi connectivity index (χ4n) is 1.42. The second kappa shape index (κ2) is 5.84. The molecule has 0 aliphatic carbocycles. The molecule has 0 N–H and O–H groups in total. The van der Waals surface area contributed by atoms with Gasteiger partial charge in [-0.1, -0.05) is 32.9 Å². The van der Waals surface area contributed by atoms with Crippen LogP contribution in [0.2, 0.25) is 18.1 Å². The SMILES string of the molecule is CC(C)(C)[Si](C)(C)OCCc1ccc([N+](=O)[O-])cc1. The van der Waals surface area contributed by atoms with Gasteiger partial charge in [0.15, 0.2) is 8.32 Å². The largest absolute Gasteiger partial charge is 0.416 e. The van der Waals surface area contributed by atoms with Crippen LogP contribution in [-0.2, 0) is 10.8 Å². The van der Waals surface area contributed by atoms with E-state index in [1.165, 1.54) is 0 Å². The van der Waals surface area contributed by atoms with Crippen LogP contribution in [0.1, 0.15) is 26.3 Å². The monoisotopic (exact) mass is 281 g/mol. The molecule has 0 bridgehead atoms. The molecule has 0 aliphatic rings. The summed E-state index contributed by atoms with van der Waals surface area (Å²) in [7, 11) is -1.70. The van der Waals surface area contributed by atoms with Gasteiger partial charge in [0.25, 0.3) is 5.69 Å². The Bertz CT molecular complexity index is 435. The minimum absolute atomic E-state index is 0.133. The standard InChI is InChI=1S/C14H23NO3Si/c1-14(2,3)19(4,5)18-11-10-12-6-8-13(9-7-12)15(16)17/h6-9H,10-11H2,1-5H3. The molecule has 0 heterocycles. The predicted molar refractivity (Wildman–Crippen MR) is 79.9 cm³/mol. The minimum Gasteiger partial charge on any atom is -0.416 e.